The third kappa shape index (κ3) is 2.09. The first-order valence-corrected chi connectivity index (χ1v) is 6.15. The summed E-state index contributed by atoms with van der Waals surface area (Å²) in [5.74, 6) is 0.271. The summed E-state index contributed by atoms with van der Waals surface area (Å²) in [7, 11) is 0. The molecule has 1 aromatic carbocycles. The van der Waals surface area contributed by atoms with E-state index < -0.39 is 0 Å². The first-order valence-electron chi connectivity index (χ1n) is 6.15. The number of aryl methyl sites for hydroxylation is 1. The number of benzene rings is 1. The molecule has 3 aromatic rings. The van der Waals surface area contributed by atoms with Gasteiger partial charge in [-0.05, 0) is 36.3 Å². The number of aromatic nitrogens is 4. The predicted octanol–water partition coefficient (Wildman–Crippen LogP) is 2.62. The summed E-state index contributed by atoms with van der Waals surface area (Å²) in [6.07, 6.45) is 3.38. The van der Waals surface area contributed by atoms with Gasteiger partial charge in [-0.2, -0.15) is 10.2 Å². The minimum Gasteiger partial charge on any atom is -0.368 e. The molecule has 0 saturated carbocycles. The molecule has 0 spiro atoms. The summed E-state index contributed by atoms with van der Waals surface area (Å²) >= 11 is 0. The van der Waals surface area contributed by atoms with Crippen LogP contribution in [0.4, 0.5) is 5.95 Å². The Morgan fingerprint density at radius 2 is 2.15 bits per heavy atom. The highest BCUT2D eigenvalue weighted by Crippen LogP contribution is 2.25. The second-order valence-corrected chi connectivity index (χ2v) is 4.51. The molecule has 0 aliphatic rings. The highest BCUT2D eigenvalue weighted by Gasteiger charge is 2.08. The number of nitrogens with zero attached hydrogens (tertiary/aromatic N) is 4. The van der Waals surface area contributed by atoms with Crippen molar-refractivity contribution < 1.29 is 1.43 Å². The topological polar surface area (TPSA) is 77.6 Å². The second kappa shape index (κ2) is 4.70. The fourth-order valence-electron chi connectivity index (χ4n) is 2.11. The zero-order valence-corrected chi connectivity index (χ0v) is 11.0. The molecule has 2 N–H and O–H groups in total. The Labute approximate surface area is 117 Å². The molecular formula is C15H15N5. The molecule has 2 heterocycles. The Hall–Kier alpha value is -2.82. The Kier molecular flexibility index (Phi) is 2.87. The molecular weight excluding hydrogens is 250 g/mol. The Morgan fingerprint density at radius 3 is 2.95 bits per heavy atom. The molecule has 0 unspecified atom stereocenters. The van der Waals surface area contributed by atoms with Gasteiger partial charge in [0.15, 0.2) is 0 Å². The summed E-state index contributed by atoms with van der Waals surface area (Å²) in [5.41, 5.74) is 10.00. The monoisotopic (exact) mass is 265 g/mol. The van der Waals surface area contributed by atoms with Crippen LogP contribution in [0, 0.1) is 6.92 Å². The summed E-state index contributed by atoms with van der Waals surface area (Å²) in [5, 5.41) is 8.95. The lowest BCUT2D eigenvalue weighted by molar-refractivity contribution is 1.08. The lowest BCUT2D eigenvalue weighted by atomic mass is 9.98. The maximum Gasteiger partial charge on any atom is 0.220 e. The molecule has 0 bridgehead atoms. The molecule has 0 aliphatic carbocycles. The van der Waals surface area contributed by atoms with E-state index in [1.165, 1.54) is 0 Å². The van der Waals surface area contributed by atoms with E-state index in [9.17, 15) is 0 Å². The fraction of sp³-hybridized carbons (Fsp3) is 0.0667. The molecule has 20 heavy (non-hydrogen) atoms. The van der Waals surface area contributed by atoms with E-state index in [-0.39, 0.29) is 7.37 Å². The molecule has 3 rings (SSSR count). The van der Waals surface area contributed by atoms with Crippen LogP contribution in [0.25, 0.3) is 16.5 Å². The predicted molar refractivity (Wildman–Crippen MR) is 81.0 cm³/mol. The van der Waals surface area contributed by atoms with Gasteiger partial charge in [-0.15, -0.1) is 0 Å². The molecule has 0 amide bonds. The van der Waals surface area contributed by atoms with Gasteiger partial charge in [0.05, 0.1) is 17.4 Å². The van der Waals surface area contributed by atoms with Crippen molar-refractivity contribution in [1.29, 1.82) is 0 Å². The highest BCUT2D eigenvalue weighted by molar-refractivity contribution is 5.86. The quantitative estimate of drug-likeness (QED) is 0.770. The lowest BCUT2D eigenvalue weighted by Crippen LogP contribution is -2.00. The Bertz CT molecular complexity index is 816. The van der Waals surface area contributed by atoms with Crippen LogP contribution in [0.5, 0.6) is 0 Å². The zero-order chi connectivity index (χ0) is 14.1. The van der Waals surface area contributed by atoms with Crippen molar-refractivity contribution in [3.05, 3.63) is 60.1 Å². The maximum absolute atomic E-state index is 5.57. The van der Waals surface area contributed by atoms with Crippen molar-refractivity contribution in [2.75, 3.05) is 5.73 Å². The number of nitrogen functional groups attached to an aromatic ring is 1. The van der Waals surface area contributed by atoms with E-state index in [1.54, 1.807) is 12.4 Å². The number of nitrogens with two attached hydrogens (primary N) is 1. The van der Waals surface area contributed by atoms with Gasteiger partial charge in [-0.25, -0.2) is 9.97 Å². The number of hydrogen-bond acceptors (Lipinski definition) is 5. The third-order valence-corrected chi connectivity index (χ3v) is 3.19. The van der Waals surface area contributed by atoms with Crippen molar-refractivity contribution in [2.24, 2.45) is 0 Å². The Balaban J connectivity index is 0.00000161. The molecule has 2 aromatic heterocycles. The number of anilines is 1. The second-order valence-electron chi connectivity index (χ2n) is 4.51. The van der Waals surface area contributed by atoms with Crippen LogP contribution in [0.3, 0.4) is 0 Å². The van der Waals surface area contributed by atoms with Crippen molar-refractivity contribution in [2.45, 2.75) is 6.92 Å². The lowest BCUT2D eigenvalue weighted by Gasteiger charge is -2.09. The Morgan fingerprint density at radius 1 is 1.30 bits per heavy atom. The average molecular weight is 265 g/mol. The van der Waals surface area contributed by atoms with E-state index >= 15 is 0 Å². The molecule has 5 nitrogen and oxygen atoms in total. The average Bonchev–Trinajstić information content (AvgIpc) is 2.46. The van der Waals surface area contributed by atoms with Gasteiger partial charge in [0, 0.05) is 18.6 Å². The minimum atomic E-state index is 0. The van der Waals surface area contributed by atoms with Gasteiger partial charge in [0.1, 0.15) is 0 Å². The van der Waals surface area contributed by atoms with E-state index in [4.69, 9.17) is 5.73 Å². The third-order valence-electron chi connectivity index (χ3n) is 3.19. The van der Waals surface area contributed by atoms with E-state index in [1.807, 2.05) is 31.2 Å². The fourth-order valence-corrected chi connectivity index (χ4v) is 2.11. The molecule has 0 aliphatic heterocycles. The summed E-state index contributed by atoms with van der Waals surface area (Å²) < 4.78 is 0. The molecule has 0 saturated heterocycles. The minimum absolute atomic E-state index is 0. The smallest absolute Gasteiger partial charge is 0.220 e. The molecule has 0 radical (unpaired) electrons. The summed E-state index contributed by atoms with van der Waals surface area (Å²) in [6.45, 7) is 6.03. The van der Waals surface area contributed by atoms with Gasteiger partial charge in [0.2, 0.25) is 5.95 Å². The molecule has 0 fully saturated rings. The zero-order valence-electron chi connectivity index (χ0n) is 11.0. The van der Waals surface area contributed by atoms with Gasteiger partial charge >= 0.3 is 0 Å². The SMILES string of the molecule is C=C(c1ccc2nnccc2c1)c1cnc(N)nc1C.[HH]. The molecule has 5 heteroatoms. The van der Waals surface area contributed by atoms with Gasteiger partial charge in [-0.3, -0.25) is 0 Å². The van der Waals surface area contributed by atoms with E-state index in [0.717, 1.165) is 33.3 Å². The van der Waals surface area contributed by atoms with Crippen molar-refractivity contribution >= 4 is 22.4 Å². The van der Waals surface area contributed by atoms with Crippen molar-refractivity contribution in [3.63, 3.8) is 0 Å². The van der Waals surface area contributed by atoms with Gasteiger partial charge in [0.25, 0.3) is 0 Å². The van der Waals surface area contributed by atoms with Crippen molar-refractivity contribution in [3.8, 4) is 0 Å². The van der Waals surface area contributed by atoms with Gasteiger partial charge in [-0.1, -0.05) is 12.6 Å². The highest BCUT2D eigenvalue weighted by atomic mass is 15.1. The van der Waals surface area contributed by atoms with Crippen LogP contribution < -0.4 is 5.73 Å². The van der Waals surface area contributed by atoms with Crippen LogP contribution >= 0.6 is 0 Å². The summed E-state index contributed by atoms with van der Waals surface area (Å²) in [4.78, 5) is 8.20. The van der Waals surface area contributed by atoms with Crippen LogP contribution in [-0.2, 0) is 0 Å². The van der Waals surface area contributed by atoms with Crippen LogP contribution in [-0.4, -0.2) is 20.2 Å². The van der Waals surface area contributed by atoms with E-state index in [2.05, 4.69) is 26.7 Å². The standard InChI is InChI=1S/C15H13N5.H2/c1-9(13-8-17-15(16)19-10(13)2)11-3-4-14-12(7-11)5-6-18-20-14;/h3-8H,1H2,2H3,(H2,16,17,19);1H. The normalized spacial score (nSPS) is 10.7. The summed E-state index contributed by atoms with van der Waals surface area (Å²) in [6, 6.07) is 7.85. The van der Waals surface area contributed by atoms with Crippen LogP contribution in [0.1, 0.15) is 18.2 Å². The molecule has 100 valence electrons. The first kappa shape index (κ1) is 12.2. The van der Waals surface area contributed by atoms with Gasteiger partial charge < -0.3 is 5.73 Å². The maximum atomic E-state index is 5.57. The largest absolute Gasteiger partial charge is 0.368 e. The number of hydrogen-bond donors (Lipinski definition) is 1. The molecule has 0 atom stereocenters. The van der Waals surface area contributed by atoms with Crippen LogP contribution in [0.15, 0.2) is 43.2 Å². The number of rotatable bonds is 2. The van der Waals surface area contributed by atoms with Crippen LogP contribution in [0.2, 0.25) is 0 Å². The van der Waals surface area contributed by atoms with E-state index in [0.29, 0.717) is 0 Å². The van der Waals surface area contributed by atoms with Crippen molar-refractivity contribution in [1.82, 2.24) is 20.2 Å². The first-order chi connectivity index (χ1) is 9.65. The number of fused-ring (bicyclic) bond motifs is 1.